The molecule has 8 heteroatoms. The molecule has 0 saturated carbocycles. The van der Waals surface area contributed by atoms with Crippen LogP contribution in [-0.4, -0.2) is 58.8 Å². The van der Waals surface area contributed by atoms with Crippen LogP contribution in [0.4, 0.5) is 11.4 Å². The molecule has 1 amide bonds. The number of anilines is 2. The smallest absolute Gasteiger partial charge is 0.256 e. The molecule has 1 saturated heterocycles. The summed E-state index contributed by atoms with van der Waals surface area (Å²) in [5, 5.41) is 10.4. The Morgan fingerprint density at radius 3 is 2.67 bits per heavy atom. The molecule has 5 rings (SSSR count). The number of hydrogen-bond donors (Lipinski definition) is 1. The summed E-state index contributed by atoms with van der Waals surface area (Å²) in [5.74, 6) is -0.147. The first-order valence-electron chi connectivity index (χ1n) is 11.3. The van der Waals surface area contributed by atoms with E-state index in [0.717, 1.165) is 59.0 Å². The fraction of sp³-hybridized carbons (Fsp3) is 0.320. The first-order chi connectivity index (χ1) is 16.0. The van der Waals surface area contributed by atoms with E-state index >= 15 is 0 Å². The Balaban J connectivity index is 1.45. The molecule has 3 aromatic heterocycles. The lowest BCUT2D eigenvalue weighted by Gasteiger charge is -2.34. The van der Waals surface area contributed by atoms with Crippen LogP contribution >= 0.6 is 11.3 Å². The van der Waals surface area contributed by atoms with Crippen LogP contribution in [0, 0.1) is 6.92 Å². The zero-order valence-corrected chi connectivity index (χ0v) is 20.0. The monoisotopic (exact) mass is 460 g/mol. The Morgan fingerprint density at radius 1 is 1.15 bits per heavy atom. The Kier molecular flexibility index (Phi) is 5.86. The van der Waals surface area contributed by atoms with Crippen molar-refractivity contribution in [3.63, 3.8) is 0 Å². The number of nitrogens with zero attached hydrogens (tertiary/aromatic N) is 5. The largest absolute Gasteiger partial charge is 0.369 e. The van der Waals surface area contributed by atoms with Crippen LogP contribution in [0.25, 0.3) is 21.6 Å². The van der Waals surface area contributed by atoms with E-state index in [-0.39, 0.29) is 5.91 Å². The minimum atomic E-state index is -0.147. The number of benzene rings is 1. The molecule has 1 aliphatic heterocycles. The number of carbonyl (C=O) groups excluding carboxylic acids is 1. The van der Waals surface area contributed by atoms with Gasteiger partial charge in [-0.15, -0.1) is 11.3 Å². The summed E-state index contributed by atoms with van der Waals surface area (Å²) >= 11 is 1.61. The fourth-order valence-corrected chi connectivity index (χ4v) is 4.94. The SMILES string of the molecule is CCn1ncc2c(C(=O)Nc3ccc(N4CCN(C)CC4)cc3C)cc(-c3cccs3)nc21. The van der Waals surface area contributed by atoms with Gasteiger partial charge >= 0.3 is 0 Å². The lowest BCUT2D eigenvalue weighted by molar-refractivity contribution is 0.102. The number of aryl methyl sites for hydroxylation is 2. The van der Waals surface area contributed by atoms with E-state index in [1.54, 1.807) is 17.5 Å². The van der Waals surface area contributed by atoms with Gasteiger partial charge in [-0.3, -0.25) is 4.79 Å². The van der Waals surface area contributed by atoms with Gasteiger partial charge in [0, 0.05) is 44.1 Å². The molecule has 33 heavy (non-hydrogen) atoms. The van der Waals surface area contributed by atoms with Crippen LogP contribution in [0.15, 0.2) is 48.0 Å². The van der Waals surface area contributed by atoms with E-state index in [1.165, 1.54) is 5.69 Å². The van der Waals surface area contributed by atoms with Crippen molar-refractivity contribution in [1.82, 2.24) is 19.7 Å². The molecular weight excluding hydrogens is 432 g/mol. The highest BCUT2D eigenvalue weighted by Crippen LogP contribution is 2.29. The second-order valence-electron chi connectivity index (χ2n) is 8.47. The van der Waals surface area contributed by atoms with Crippen LogP contribution in [0.2, 0.25) is 0 Å². The third-order valence-electron chi connectivity index (χ3n) is 6.25. The second-order valence-corrected chi connectivity index (χ2v) is 9.42. The molecule has 4 heterocycles. The maximum atomic E-state index is 13.4. The van der Waals surface area contributed by atoms with E-state index in [4.69, 9.17) is 4.98 Å². The normalized spacial score (nSPS) is 14.7. The molecule has 0 bridgehead atoms. The highest BCUT2D eigenvalue weighted by atomic mass is 32.1. The Bertz CT molecular complexity index is 1290. The van der Waals surface area contributed by atoms with Gasteiger partial charge in [0.05, 0.1) is 27.7 Å². The number of thiophene rings is 1. The number of rotatable bonds is 5. The molecule has 170 valence electrons. The summed E-state index contributed by atoms with van der Waals surface area (Å²) in [7, 11) is 2.16. The lowest BCUT2D eigenvalue weighted by atomic mass is 10.1. The quantitative estimate of drug-likeness (QED) is 0.475. The molecule has 0 atom stereocenters. The first-order valence-corrected chi connectivity index (χ1v) is 12.2. The summed E-state index contributed by atoms with van der Waals surface area (Å²) in [6, 6.07) is 12.2. The standard InChI is InChI=1S/C25H28N6OS/c1-4-31-24-20(16-26-31)19(15-22(27-24)23-6-5-13-33-23)25(32)28-21-8-7-18(14-17(21)2)30-11-9-29(3)10-12-30/h5-8,13-16H,4,9-12H2,1-3H3,(H,28,32). The van der Waals surface area contributed by atoms with Crippen LogP contribution in [-0.2, 0) is 6.54 Å². The maximum absolute atomic E-state index is 13.4. The van der Waals surface area contributed by atoms with Gasteiger partial charge in [-0.1, -0.05) is 6.07 Å². The molecule has 1 N–H and O–H groups in total. The van der Waals surface area contributed by atoms with Gasteiger partial charge in [0.25, 0.3) is 5.91 Å². The van der Waals surface area contributed by atoms with Crippen LogP contribution in [0.5, 0.6) is 0 Å². The minimum absolute atomic E-state index is 0.147. The molecular formula is C25H28N6OS. The van der Waals surface area contributed by atoms with E-state index < -0.39 is 0 Å². The lowest BCUT2D eigenvalue weighted by Crippen LogP contribution is -2.44. The Hall–Kier alpha value is -3.23. The average molecular weight is 461 g/mol. The van der Waals surface area contributed by atoms with Gasteiger partial charge in [-0.25, -0.2) is 9.67 Å². The number of likely N-dealkylation sites (N-methyl/N-ethyl adjacent to an activating group) is 1. The molecule has 0 aliphatic carbocycles. The molecule has 0 spiro atoms. The number of carbonyl (C=O) groups is 1. The molecule has 0 radical (unpaired) electrons. The van der Waals surface area contributed by atoms with Crippen molar-refractivity contribution in [1.29, 1.82) is 0 Å². The summed E-state index contributed by atoms with van der Waals surface area (Å²) in [6.07, 6.45) is 1.74. The minimum Gasteiger partial charge on any atom is -0.369 e. The third kappa shape index (κ3) is 4.24. The number of aromatic nitrogens is 3. The topological polar surface area (TPSA) is 66.3 Å². The summed E-state index contributed by atoms with van der Waals surface area (Å²) in [6.45, 7) is 8.92. The van der Waals surface area contributed by atoms with Crippen molar-refractivity contribution in [3.8, 4) is 10.6 Å². The van der Waals surface area contributed by atoms with E-state index in [1.807, 2.05) is 48.2 Å². The fourth-order valence-electron chi connectivity index (χ4n) is 4.26. The predicted molar refractivity (Wildman–Crippen MR) is 135 cm³/mol. The number of amides is 1. The zero-order valence-electron chi connectivity index (χ0n) is 19.2. The number of nitrogens with one attached hydrogen (secondary N) is 1. The van der Waals surface area contributed by atoms with Gasteiger partial charge in [0.15, 0.2) is 5.65 Å². The Labute approximate surface area is 197 Å². The second kappa shape index (κ2) is 8.96. The predicted octanol–water partition coefficient (Wildman–Crippen LogP) is 4.49. The van der Waals surface area contributed by atoms with Gasteiger partial charge in [0.2, 0.25) is 0 Å². The van der Waals surface area contributed by atoms with Crippen molar-refractivity contribution < 1.29 is 4.79 Å². The van der Waals surface area contributed by atoms with E-state index in [0.29, 0.717) is 12.1 Å². The average Bonchev–Trinajstić information content (AvgIpc) is 3.50. The third-order valence-corrected chi connectivity index (χ3v) is 7.15. The number of pyridine rings is 1. The molecule has 1 fully saturated rings. The van der Waals surface area contributed by atoms with Crippen molar-refractivity contribution in [2.75, 3.05) is 43.4 Å². The molecule has 1 aliphatic rings. The number of piperazine rings is 1. The Morgan fingerprint density at radius 2 is 1.97 bits per heavy atom. The van der Waals surface area contributed by atoms with E-state index in [2.05, 4.69) is 39.4 Å². The highest BCUT2D eigenvalue weighted by Gasteiger charge is 2.19. The first kappa shape index (κ1) is 21.6. The molecule has 0 unspecified atom stereocenters. The zero-order chi connectivity index (χ0) is 22.9. The van der Waals surface area contributed by atoms with Crippen molar-refractivity contribution in [2.45, 2.75) is 20.4 Å². The maximum Gasteiger partial charge on any atom is 0.256 e. The summed E-state index contributed by atoms with van der Waals surface area (Å²) in [5.41, 5.74) is 5.19. The van der Waals surface area contributed by atoms with Crippen LogP contribution in [0.1, 0.15) is 22.8 Å². The van der Waals surface area contributed by atoms with Gasteiger partial charge < -0.3 is 15.1 Å². The van der Waals surface area contributed by atoms with Gasteiger partial charge in [0.1, 0.15) is 0 Å². The molecule has 4 aromatic rings. The number of fused-ring (bicyclic) bond motifs is 1. The van der Waals surface area contributed by atoms with Crippen molar-refractivity contribution >= 4 is 39.7 Å². The summed E-state index contributed by atoms with van der Waals surface area (Å²) < 4.78 is 1.83. The van der Waals surface area contributed by atoms with Crippen molar-refractivity contribution in [3.05, 3.63) is 59.1 Å². The van der Waals surface area contributed by atoms with Crippen LogP contribution in [0.3, 0.4) is 0 Å². The van der Waals surface area contributed by atoms with Gasteiger partial charge in [-0.2, -0.15) is 5.10 Å². The number of hydrogen-bond acceptors (Lipinski definition) is 6. The summed E-state index contributed by atoms with van der Waals surface area (Å²) in [4.78, 5) is 24.0. The van der Waals surface area contributed by atoms with Crippen molar-refractivity contribution in [2.24, 2.45) is 0 Å². The molecule has 1 aromatic carbocycles. The highest BCUT2D eigenvalue weighted by molar-refractivity contribution is 7.13. The van der Waals surface area contributed by atoms with Crippen LogP contribution < -0.4 is 10.2 Å². The molecule has 7 nitrogen and oxygen atoms in total. The van der Waals surface area contributed by atoms with Gasteiger partial charge in [-0.05, 0) is 62.2 Å². The van der Waals surface area contributed by atoms with E-state index in [9.17, 15) is 4.79 Å².